The van der Waals surface area contributed by atoms with Gasteiger partial charge in [-0.15, -0.1) is 0 Å². The highest BCUT2D eigenvalue weighted by molar-refractivity contribution is 5.79. The van der Waals surface area contributed by atoms with E-state index in [1.165, 1.54) is 0 Å². The second-order valence-electron chi connectivity index (χ2n) is 7.63. The van der Waals surface area contributed by atoms with Gasteiger partial charge in [-0.05, 0) is 38.8 Å². The van der Waals surface area contributed by atoms with Gasteiger partial charge < -0.3 is 25.5 Å². The molecule has 1 aliphatic heterocycles. The number of piperidine rings is 1. The zero-order valence-corrected chi connectivity index (χ0v) is 17.1. The van der Waals surface area contributed by atoms with Crippen LogP contribution in [-0.4, -0.2) is 61.1 Å². The Morgan fingerprint density at radius 3 is 2.93 bits per heavy atom. The molecule has 10 nitrogen and oxygen atoms in total. The Hall–Kier alpha value is -3.27. The smallest absolute Gasteiger partial charge is 0.230 e. The molecule has 0 spiro atoms. The number of nitrogens with two attached hydrogens (primary N) is 1. The monoisotopic (exact) mass is 410 g/mol. The third kappa shape index (κ3) is 3.90. The first kappa shape index (κ1) is 20.0. The molecule has 1 amide bonds. The zero-order valence-electron chi connectivity index (χ0n) is 17.1. The lowest BCUT2D eigenvalue weighted by Gasteiger charge is -2.37. The van der Waals surface area contributed by atoms with Crippen molar-refractivity contribution in [3.05, 3.63) is 30.4 Å². The van der Waals surface area contributed by atoms with Crippen molar-refractivity contribution in [2.75, 3.05) is 30.3 Å². The highest BCUT2D eigenvalue weighted by Crippen LogP contribution is 2.27. The summed E-state index contributed by atoms with van der Waals surface area (Å²) in [5.41, 5.74) is 7.81. The van der Waals surface area contributed by atoms with Crippen LogP contribution in [-0.2, 0) is 4.79 Å². The van der Waals surface area contributed by atoms with Crippen LogP contribution in [0.4, 0.5) is 11.9 Å². The number of aliphatic hydroxyl groups excluding tert-OH is 1. The van der Waals surface area contributed by atoms with Gasteiger partial charge >= 0.3 is 0 Å². The largest absolute Gasteiger partial charge is 0.395 e. The molecule has 4 N–H and O–H groups in total. The van der Waals surface area contributed by atoms with Crippen LogP contribution in [0, 0.1) is 12.8 Å². The average Bonchev–Trinajstić information content (AvgIpc) is 3.12. The van der Waals surface area contributed by atoms with Crippen molar-refractivity contribution in [1.29, 1.82) is 0 Å². The van der Waals surface area contributed by atoms with Gasteiger partial charge in [0, 0.05) is 30.9 Å². The lowest BCUT2D eigenvalue weighted by atomic mass is 9.93. The Morgan fingerprint density at radius 1 is 1.30 bits per heavy atom. The van der Waals surface area contributed by atoms with Crippen LogP contribution in [0.2, 0.25) is 0 Å². The standard InChI is InChI=1S/C20H26N8O2/c1-12-3-4-15(18(30)22-7-8-29)11-27(12)20-25-17(24-19(21)26-20)14-5-6-16-9-23-13(2)28(16)10-14/h5-6,9-10,12,15,29H,3-4,7-8,11H2,1-2H3,(H,22,30)(H2,21,24,25,26)/t12-,15+/m0/s1. The van der Waals surface area contributed by atoms with Gasteiger partial charge in [0.2, 0.25) is 17.8 Å². The average molecular weight is 410 g/mol. The number of anilines is 2. The van der Waals surface area contributed by atoms with Gasteiger partial charge in [-0.2, -0.15) is 15.0 Å². The van der Waals surface area contributed by atoms with Crippen molar-refractivity contribution >= 4 is 23.3 Å². The van der Waals surface area contributed by atoms with Crippen LogP contribution in [0.1, 0.15) is 25.6 Å². The van der Waals surface area contributed by atoms with E-state index < -0.39 is 0 Å². The molecule has 10 heteroatoms. The molecule has 0 aromatic carbocycles. The minimum absolute atomic E-state index is 0.0655. The number of aliphatic hydroxyl groups is 1. The van der Waals surface area contributed by atoms with E-state index in [1.54, 1.807) is 0 Å². The maximum atomic E-state index is 12.4. The molecule has 0 bridgehead atoms. The number of fused-ring (bicyclic) bond motifs is 1. The van der Waals surface area contributed by atoms with E-state index in [4.69, 9.17) is 10.8 Å². The molecule has 158 valence electrons. The number of amides is 1. The molecule has 0 aliphatic carbocycles. The van der Waals surface area contributed by atoms with E-state index in [1.807, 2.05) is 40.8 Å². The van der Waals surface area contributed by atoms with Gasteiger partial charge in [0.15, 0.2) is 5.82 Å². The Kier molecular flexibility index (Phi) is 5.49. The first-order valence-corrected chi connectivity index (χ1v) is 10.1. The second kappa shape index (κ2) is 8.23. The number of pyridine rings is 1. The van der Waals surface area contributed by atoms with E-state index in [0.29, 0.717) is 18.3 Å². The predicted molar refractivity (Wildman–Crippen MR) is 113 cm³/mol. The molecule has 1 saturated heterocycles. The fraction of sp³-hybridized carbons (Fsp3) is 0.450. The van der Waals surface area contributed by atoms with Crippen LogP contribution in [0.3, 0.4) is 0 Å². The summed E-state index contributed by atoms with van der Waals surface area (Å²) < 4.78 is 1.97. The number of hydrogen-bond acceptors (Lipinski definition) is 8. The molecule has 1 aliphatic rings. The number of imidazole rings is 1. The number of aryl methyl sites for hydroxylation is 1. The lowest BCUT2D eigenvalue weighted by molar-refractivity contribution is -0.125. The van der Waals surface area contributed by atoms with Crippen molar-refractivity contribution in [3.63, 3.8) is 0 Å². The topological polar surface area (TPSA) is 135 Å². The molecular weight excluding hydrogens is 384 g/mol. The first-order valence-electron chi connectivity index (χ1n) is 10.1. The van der Waals surface area contributed by atoms with E-state index in [9.17, 15) is 4.79 Å². The van der Waals surface area contributed by atoms with Crippen LogP contribution in [0.15, 0.2) is 24.5 Å². The molecular formula is C20H26N8O2. The molecule has 30 heavy (non-hydrogen) atoms. The van der Waals surface area contributed by atoms with Gasteiger partial charge in [-0.25, -0.2) is 4.98 Å². The highest BCUT2D eigenvalue weighted by atomic mass is 16.3. The molecule has 0 unspecified atom stereocenters. The molecule has 2 atom stereocenters. The Morgan fingerprint density at radius 2 is 2.13 bits per heavy atom. The van der Waals surface area contributed by atoms with Gasteiger partial charge in [0.25, 0.3) is 0 Å². The molecule has 4 heterocycles. The molecule has 4 rings (SSSR count). The van der Waals surface area contributed by atoms with E-state index in [0.717, 1.165) is 29.7 Å². The molecule has 1 fully saturated rings. The Balaban J connectivity index is 1.64. The summed E-state index contributed by atoms with van der Waals surface area (Å²) in [4.78, 5) is 32.1. The quantitative estimate of drug-likeness (QED) is 0.562. The minimum Gasteiger partial charge on any atom is -0.395 e. The maximum absolute atomic E-state index is 12.4. The zero-order chi connectivity index (χ0) is 21.3. The van der Waals surface area contributed by atoms with Crippen molar-refractivity contribution in [3.8, 4) is 11.4 Å². The SMILES string of the molecule is Cc1ncc2ccc(-c3nc(N)nc(N4C[C@H](C(=O)NCCO)CC[C@@H]4C)n3)cn12. The van der Waals surface area contributed by atoms with Gasteiger partial charge in [0.1, 0.15) is 5.82 Å². The number of rotatable bonds is 5. The molecule has 3 aromatic heterocycles. The van der Waals surface area contributed by atoms with Crippen LogP contribution >= 0.6 is 0 Å². The van der Waals surface area contributed by atoms with Crippen molar-refractivity contribution in [2.24, 2.45) is 5.92 Å². The van der Waals surface area contributed by atoms with Crippen molar-refractivity contribution in [2.45, 2.75) is 32.7 Å². The number of hydrogen-bond donors (Lipinski definition) is 3. The predicted octanol–water partition coefficient (Wildman–Crippen LogP) is 0.790. The number of aromatic nitrogens is 5. The maximum Gasteiger partial charge on any atom is 0.230 e. The number of carbonyl (C=O) groups is 1. The first-order chi connectivity index (χ1) is 14.5. The number of nitrogens with zero attached hydrogens (tertiary/aromatic N) is 6. The molecule has 0 saturated carbocycles. The summed E-state index contributed by atoms with van der Waals surface area (Å²) in [5, 5.41) is 11.7. The second-order valence-corrected chi connectivity index (χ2v) is 7.63. The number of nitrogens with one attached hydrogen (secondary N) is 1. The number of nitrogen functional groups attached to an aromatic ring is 1. The van der Waals surface area contributed by atoms with Gasteiger partial charge in [0.05, 0.1) is 24.2 Å². The summed E-state index contributed by atoms with van der Waals surface area (Å²) in [7, 11) is 0. The summed E-state index contributed by atoms with van der Waals surface area (Å²) in [5.74, 6) is 1.69. The normalized spacial score (nSPS) is 19.2. The van der Waals surface area contributed by atoms with Crippen LogP contribution < -0.4 is 16.0 Å². The van der Waals surface area contributed by atoms with Crippen LogP contribution in [0.25, 0.3) is 16.9 Å². The molecule has 0 radical (unpaired) electrons. The van der Waals surface area contributed by atoms with Crippen molar-refractivity contribution in [1.82, 2.24) is 29.7 Å². The summed E-state index contributed by atoms with van der Waals surface area (Å²) in [6, 6.07) is 4.06. The lowest BCUT2D eigenvalue weighted by Crippen LogP contribution is -2.48. The summed E-state index contributed by atoms with van der Waals surface area (Å²) in [6.45, 7) is 4.68. The highest BCUT2D eigenvalue weighted by Gasteiger charge is 2.31. The third-order valence-corrected chi connectivity index (χ3v) is 5.53. The van der Waals surface area contributed by atoms with Crippen molar-refractivity contribution < 1.29 is 9.90 Å². The fourth-order valence-corrected chi connectivity index (χ4v) is 3.81. The van der Waals surface area contributed by atoms with E-state index >= 15 is 0 Å². The van der Waals surface area contributed by atoms with E-state index in [-0.39, 0.29) is 37.0 Å². The fourth-order valence-electron chi connectivity index (χ4n) is 3.81. The van der Waals surface area contributed by atoms with Crippen LogP contribution in [0.5, 0.6) is 0 Å². The van der Waals surface area contributed by atoms with Gasteiger partial charge in [-0.3, -0.25) is 4.79 Å². The number of carbonyl (C=O) groups excluding carboxylic acids is 1. The van der Waals surface area contributed by atoms with E-state index in [2.05, 4.69) is 32.2 Å². The molecule has 3 aromatic rings. The summed E-state index contributed by atoms with van der Waals surface area (Å²) in [6.07, 6.45) is 5.35. The third-order valence-electron chi connectivity index (χ3n) is 5.53. The Bertz CT molecular complexity index is 1070. The Labute approximate surface area is 174 Å². The van der Waals surface area contributed by atoms with Gasteiger partial charge in [-0.1, -0.05) is 0 Å². The minimum atomic E-state index is -0.195. The summed E-state index contributed by atoms with van der Waals surface area (Å²) >= 11 is 0.